The van der Waals surface area contributed by atoms with Gasteiger partial charge in [0.15, 0.2) is 0 Å². The van der Waals surface area contributed by atoms with E-state index in [4.69, 9.17) is 9.57 Å². The van der Waals surface area contributed by atoms with Crippen LogP contribution in [0.15, 0.2) is 29.4 Å². The first-order valence-corrected chi connectivity index (χ1v) is 5.72. The lowest BCUT2D eigenvalue weighted by molar-refractivity contribution is 0.0476. The van der Waals surface area contributed by atoms with Crippen molar-refractivity contribution >= 4 is 5.71 Å². The van der Waals surface area contributed by atoms with Gasteiger partial charge in [0, 0.05) is 12.7 Å². The Kier molecular flexibility index (Phi) is 3.74. The van der Waals surface area contributed by atoms with Crippen molar-refractivity contribution in [3.05, 3.63) is 35.6 Å². The van der Waals surface area contributed by atoms with E-state index in [-0.39, 0.29) is 11.9 Å². The first-order chi connectivity index (χ1) is 8.22. The SMILES string of the molecule is COC(C1=NOC(C)CC1)c1ccccc1F. The first kappa shape index (κ1) is 12.0. The summed E-state index contributed by atoms with van der Waals surface area (Å²) in [7, 11) is 1.55. The number of halogens is 1. The van der Waals surface area contributed by atoms with E-state index in [2.05, 4.69) is 5.16 Å². The van der Waals surface area contributed by atoms with Crippen LogP contribution < -0.4 is 0 Å². The van der Waals surface area contributed by atoms with E-state index in [1.54, 1.807) is 25.3 Å². The molecule has 92 valence electrons. The predicted molar refractivity (Wildman–Crippen MR) is 63.4 cm³/mol. The maximum Gasteiger partial charge on any atom is 0.129 e. The number of hydrogen-bond donors (Lipinski definition) is 0. The normalized spacial score (nSPS) is 21.6. The van der Waals surface area contributed by atoms with Gasteiger partial charge in [0.1, 0.15) is 18.0 Å². The van der Waals surface area contributed by atoms with Crippen LogP contribution in [0, 0.1) is 5.82 Å². The average Bonchev–Trinajstić information content (AvgIpc) is 2.35. The standard InChI is InChI=1S/C13H16FNO2/c1-9-7-8-12(15-17-9)13(16-2)10-5-3-4-6-11(10)14/h3-6,9,13H,7-8H2,1-2H3. The van der Waals surface area contributed by atoms with E-state index < -0.39 is 6.10 Å². The van der Waals surface area contributed by atoms with Crippen LogP contribution in [0.5, 0.6) is 0 Å². The summed E-state index contributed by atoms with van der Waals surface area (Å²) >= 11 is 0. The molecule has 0 aromatic heterocycles. The Morgan fingerprint density at radius 1 is 1.47 bits per heavy atom. The van der Waals surface area contributed by atoms with Gasteiger partial charge in [-0.1, -0.05) is 23.4 Å². The molecule has 1 aromatic carbocycles. The highest BCUT2D eigenvalue weighted by Crippen LogP contribution is 2.26. The highest BCUT2D eigenvalue weighted by atomic mass is 19.1. The molecule has 0 amide bonds. The van der Waals surface area contributed by atoms with E-state index in [0.29, 0.717) is 5.56 Å². The van der Waals surface area contributed by atoms with Crippen molar-refractivity contribution in [2.24, 2.45) is 5.16 Å². The minimum atomic E-state index is -0.455. The van der Waals surface area contributed by atoms with E-state index in [9.17, 15) is 4.39 Å². The van der Waals surface area contributed by atoms with Crippen LogP contribution in [0.4, 0.5) is 4.39 Å². The second-order valence-electron chi connectivity index (χ2n) is 4.17. The summed E-state index contributed by atoms with van der Waals surface area (Å²) in [5, 5.41) is 4.02. The zero-order valence-corrected chi connectivity index (χ0v) is 10.0. The summed E-state index contributed by atoms with van der Waals surface area (Å²) in [6, 6.07) is 6.59. The summed E-state index contributed by atoms with van der Waals surface area (Å²) in [5.74, 6) is -0.277. The van der Waals surface area contributed by atoms with Crippen LogP contribution in [0.25, 0.3) is 0 Å². The van der Waals surface area contributed by atoms with E-state index in [0.717, 1.165) is 18.6 Å². The molecule has 4 heteroatoms. The Hall–Kier alpha value is -1.42. The highest BCUT2D eigenvalue weighted by Gasteiger charge is 2.25. The number of nitrogens with zero attached hydrogens (tertiary/aromatic N) is 1. The quantitative estimate of drug-likeness (QED) is 0.808. The molecule has 2 unspecified atom stereocenters. The second-order valence-corrected chi connectivity index (χ2v) is 4.17. The van der Waals surface area contributed by atoms with Gasteiger partial charge in [0.2, 0.25) is 0 Å². The van der Waals surface area contributed by atoms with E-state index in [1.807, 2.05) is 6.92 Å². The summed E-state index contributed by atoms with van der Waals surface area (Å²) in [6.07, 6.45) is 1.32. The third kappa shape index (κ3) is 2.64. The average molecular weight is 237 g/mol. The molecule has 0 bridgehead atoms. The van der Waals surface area contributed by atoms with Crippen LogP contribution >= 0.6 is 0 Å². The van der Waals surface area contributed by atoms with Gasteiger partial charge in [-0.15, -0.1) is 0 Å². The Morgan fingerprint density at radius 2 is 2.24 bits per heavy atom. The maximum absolute atomic E-state index is 13.7. The molecule has 3 nitrogen and oxygen atoms in total. The lowest BCUT2D eigenvalue weighted by Crippen LogP contribution is -2.23. The molecular weight excluding hydrogens is 221 g/mol. The van der Waals surface area contributed by atoms with Crippen molar-refractivity contribution in [3.8, 4) is 0 Å². The highest BCUT2D eigenvalue weighted by molar-refractivity contribution is 5.89. The zero-order chi connectivity index (χ0) is 12.3. The number of hydrogen-bond acceptors (Lipinski definition) is 3. The Labute approximate surface area is 100 Å². The van der Waals surface area contributed by atoms with Gasteiger partial charge in [0.05, 0.1) is 5.71 Å². The largest absolute Gasteiger partial charge is 0.393 e. The van der Waals surface area contributed by atoms with Gasteiger partial charge < -0.3 is 9.57 Å². The van der Waals surface area contributed by atoms with Gasteiger partial charge in [-0.25, -0.2) is 4.39 Å². The summed E-state index contributed by atoms with van der Waals surface area (Å²) < 4.78 is 19.0. The molecule has 0 aliphatic carbocycles. The van der Waals surface area contributed by atoms with Gasteiger partial charge in [-0.05, 0) is 25.8 Å². The van der Waals surface area contributed by atoms with Crippen molar-refractivity contribution in [3.63, 3.8) is 0 Å². The summed E-state index contributed by atoms with van der Waals surface area (Å²) in [6.45, 7) is 1.96. The van der Waals surface area contributed by atoms with E-state index in [1.165, 1.54) is 6.07 Å². The van der Waals surface area contributed by atoms with Crippen LogP contribution in [-0.4, -0.2) is 18.9 Å². The molecular formula is C13H16FNO2. The molecule has 1 aromatic rings. The summed E-state index contributed by atoms with van der Waals surface area (Å²) in [5.41, 5.74) is 1.25. The topological polar surface area (TPSA) is 30.8 Å². The number of ether oxygens (including phenoxy) is 1. The van der Waals surface area contributed by atoms with Crippen molar-refractivity contribution in [2.45, 2.75) is 32.0 Å². The number of benzene rings is 1. The van der Waals surface area contributed by atoms with Gasteiger partial charge in [-0.2, -0.15) is 0 Å². The maximum atomic E-state index is 13.7. The molecule has 0 fully saturated rings. The Morgan fingerprint density at radius 3 is 2.82 bits per heavy atom. The molecule has 2 atom stereocenters. The molecule has 0 N–H and O–H groups in total. The van der Waals surface area contributed by atoms with Gasteiger partial charge in [-0.3, -0.25) is 0 Å². The monoisotopic (exact) mass is 237 g/mol. The molecule has 0 spiro atoms. The van der Waals surface area contributed by atoms with Gasteiger partial charge in [0.25, 0.3) is 0 Å². The van der Waals surface area contributed by atoms with Crippen LogP contribution in [0.3, 0.4) is 0 Å². The molecule has 0 radical (unpaired) electrons. The fourth-order valence-electron chi connectivity index (χ4n) is 1.92. The third-order valence-electron chi connectivity index (χ3n) is 2.88. The molecule has 2 rings (SSSR count). The fourth-order valence-corrected chi connectivity index (χ4v) is 1.92. The smallest absolute Gasteiger partial charge is 0.129 e. The molecule has 1 heterocycles. The number of oxime groups is 1. The Bertz CT molecular complexity index is 420. The minimum absolute atomic E-state index is 0.122. The van der Waals surface area contributed by atoms with Crippen LogP contribution in [0.2, 0.25) is 0 Å². The molecule has 0 saturated heterocycles. The lowest BCUT2D eigenvalue weighted by Gasteiger charge is -2.23. The van der Waals surface area contributed by atoms with Crippen LogP contribution in [0.1, 0.15) is 31.4 Å². The molecule has 0 saturated carbocycles. The zero-order valence-electron chi connectivity index (χ0n) is 10.0. The van der Waals surface area contributed by atoms with Gasteiger partial charge >= 0.3 is 0 Å². The van der Waals surface area contributed by atoms with Crippen molar-refractivity contribution in [1.82, 2.24) is 0 Å². The lowest BCUT2D eigenvalue weighted by atomic mass is 9.99. The first-order valence-electron chi connectivity index (χ1n) is 5.72. The van der Waals surface area contributed by atoms with Crippen molar-refractivity contribution in [1.29, 1.82) is 0 Å². The van der Waals surface area contributed by atoms with Crippen molar-refractivity contribution in [2.75, 3.05) is 7.11 Å². The fraction of sp³-hybridized carbons (Fsp3) is 0.462. The third-order valence-corrected chi connectivity index (χ3v) is 2.88. The van der Waals surface area contributed by atoms with Crippen molar-refractivity contribution < 1.29 is 14.0 Å². The molecule has 17 heavy (non-hydrogen) atoms. The minimum Gasteiger partial charge on any atom is -0.393 e. The Balaban J connectivity index is 2.25. The molecule has 1 aliphatic heterocycles. The van der Waals surface area contributed by atoms with E-state index >= 15 is 0 Å². The summed E-state index contributed by atoms with van der Waals surface area (Å²) in [4.78, 5) is 5.22. The molecule has 1 aliphatic rings. The van der Waals surface area contributed by atoms with Crippen LogP contribution in [-0.2, 0) is 9.57 Å². The second kappa shape index (κ2) is 5.27. The number of rotatable bonds is 3. The number of methoxy groups -OCH3 is 1. The predicted octanol–water partition coefficient (Wildman–Crippen LogP) is 3.07.